The number of nitrogens with zero attached hydrogens (tertiary/aromatic N) is 1. The van der Waals surface area contributed by atoms with Crippen LogP contribution in [-0.2, 0) is 12.8 Å². The number of amides is 6. The Balaban J connectivity index is 1.43. The van der Waals surface area contributed by atoms with Gasteiger partial charge in [0.25, 0.3) is 0 Å². The van der Waals surface area contributed by atoms with Crippen LogP contribution in [0.5, 0.6) is 0 Å². The van der Waals surface area contributed by atoms with Gasteiger partial charge in [-0.3, -0.25) is 0 Å². The first-order valence-electron chi connectivity index (χ1n) is 15.9. The summed E-state index contributed by atoms with van der Waals surface area (Å²) in [5.41, 5.74) is 3.95. The van der Waals surface area contributed by atoms with E-state index < -0.39 is 12.1 Å². The molecule has 9 heteroatoms. The molecule has 0 aliphatic carbocycles. The summed E-state index contributed by atoms with van der Waals surface area (Å²) < 4.78 is 0. The molecular weight excluding hydrogens is 600 g/mol. The van der Waals surface area contributed by atoms with Crippen molar-refractivity contribution in [3.8, 4) is 0 Å². The van der Waals surface area contributed by atoms with Gasteiger partial charge in [0.05, 0.1) is 12.1 Å². The summed E-state index contributed by atoms with van der Waals surface area (Å²) in [6.07, 6.45) is 0.932. The van der Waals surface area contributed by atoms with Gasteiger partial charge < -0.3 is 31.5 Å². The number of hydrogen-bond donors (Lipinski definition) is 5. The van der Waals surface area contributed by atoms with Gasteiger partial charge in [-0.05, 0) is 60.4 Å². The number of hydrogen-bond acceptors (Lipinski definition) is 3. The summed E-state index contributed by atoms with van der Waals surface area (Å²) in [7, 11) is 0. The van der Waals surface area contributed by atoms with Crippen molar-refractivity contribution in [1.82, 2.24) is 15.5 Å². The van der Waals surface area contributed by atoms with Crippen molar-refractivity contribution in [2.75, 3.05) is 29.0 Å². The van der Waals surface area contributed by atoms with E-state index in [0.29, 0.717) is 29.9 Å². The fraction of sp³-hybridized carbons (Fsp3) is 0.154. The van der Waals surface area contributed by atoms with Crippen molar-refractivity contribution >= 4 is 35.2 Å². The summed E-state index contributed by atoms with van der Waals surface area (Å²) >= 11 is 0. The van der Waals surface area contributed by atoms with Crippen LogP contribution in [0.3, 0.4) is 0 Å². The van der Waals surface area contributed by atoms with Crippen LogP contribution in [0.1, 0.15) is 11.1 Å². The molecule has 5 aromatic rings. The molecule has 0 bridgehead atoms. The zero-order chi connectivity index (χ0) is 33.4. The lowest BCUT2D eigenvalue weighted by molar-refractivity contribution is 0.175. The highest BCUT2D eigenvalue weighted by molar-refractivity contribution is 5.91. The molecule has 5 N–H and O–H groups in total. The van der Waals surface area contributed by atoms with Crippen molar-refractivity contribution in [1.29, 1.82) is 0 Å². The Hall–Kier alpha value is -6.09. The first kappa shape index (κ1) is 33.3. The van der Waals surface area contributed by atoms with E-state index >= 15 is 0 Å². The van der Waals surface area contributed by atoms with E-state index in [4.69, 9.17) is 0 Å². The van der Waals surface area contributed by atoms with Crippen molar-refractivity contribution in [3.63, 3.8) is 0 Å². The standard InChI is InChI=1S/C39H40N6O3/c46-37(41-32-20-10-3-11-21-32)40-28-36(27-31-18-8-2-9-19-31)45(39(48)44-34-24-14-5-15-25-34)29-35(26-30-16-6-1-7-17-30)43-38(47)42-33-22-12-4-13-23-33/h1-25,35-36H,26-29H2,(H,44,48)(H2,40,41,46)(H2,42,43,47). The van der Waals surface area contributed by atoms with Gasteiger partial charge in [-0.25, -0.2) is 14.4 Å². The Bertz CT molecular complexity index is 1710. The number of carbonyl (C=O) groups is 3. The summed E-state index contributed by atoms with van der Waals surface area (Å²) in [6.45, 7) is 0.319. The van der Waals surface area contributed by atoms with Gasteiger partial charge in [0.1, 0.15) is 0 Å². The van der Waals surface area contributed by atoms with E-state index in [2.05, 4.69) is 26.6 Å². The minimum atomic E-state index is -0.478. The second-order valence-electron chi connectivity index (χ2n) is 11.3. The molecule has 0 saturated carbocycles. The van der Waals surface area contributed by atoms with Crippen molar-refractivity contribution in [2.24, 2.45) is 0 Å². The maximum Gasteiger partial charge on any atom is 0.322 e. The number of para-hydroxylation sites is 3. The molecule has 2 unspecified atom stereocenters. The van der Waals surface area contributed by atoms with Gasteiger partial charge >= 0.3 is 18.1 Å². The quantitative estimate of drug-likeness (QED) is 0.0925. The molecule has 0 fully saturated rings. The molecule has 0 aliphatic rings. The summed E-state index contributed by atoms with van der Waals surface area (Å²) in [4.78, 5) is 42.2. The summed E-state index contributed by atoms with van der Waals surface area (Å²) in [5.74, 6) is 0. The van der Waals surface area contributed by atoms with Crippen LogP contribution in [0.2, 0.25) is 0 Å². The van der Waals surface area contributed by atoms with Gasteiger partial charge in [-0.15, -0.1) is 0 Å². The molecule has 0 radical (unpaired) electrons. The van der Waals surface area contributed by atoms with Crippen LogP contribution >= 0.6 is 0 Å². The molecule has 48 heavy (non-hydrogen) atoms. The minimum Gasteiger partial charge on any atom is -0.336 e. The van der Waals surface area contributed by atoms with Crippen LogP contribution in [0.15, 0.2) is 152 Å². The Morgan fingerprint density at radius 3 is 1.42 bits per heavy atom. The Labute approximate surface area is 281 Å². The Morgan fingerprint density at radius 2 is 0.917 bits per heavy atom. The van der Waals surface area contributed by atoms with Gasteiger partial charge in [0.2, 0.25) is 0 Å². The van der Waals surface area contributed by atoms with E-state index in [1.54, 1.807) is 17.0 Å². The number of nitrogens with one attached hydrogen (secondary N) is 5. The second kappa shape index (κ2) is 17.6. The van der Waals surface area contributed by atoms with Gasteiger partial charge in [-0.1, -0.05) is 115 Å². The maximum absolute atomic E-state index is 14.2. The molecule has 2 atom stereocenters. The lowest BCUT2D eigenvalue weighted by Crippen LogP contribution is -2.55. The van der Waals surface area contributed by atoms with E-state index in [1.807, 2.05) is 140 Å². The lowest BCUT2D eigenvalue weighted by atomic mass is 10.0. The number of anilines is 3. The molecule has 9 nitrogen and oxygen atoms in total. The third-order valence-corrected chi connectivity index (χ3v) is 7.68. The van der Waals surface area contributed by atoms with Crippen LogP contribution in [0.4, 0.5) is 31.4 Å². The Kier molecular flexibility index (Phi) is 12.2. The van der Waals surface area contributed by atoms with E-state index in [-0.39, 0.29) is 31.2 Å². The first-order chi connectivity index (χ1) is 23.5. The average Bonchev–Trinajstić information content (AvgIpc) is 3.11. The van der Waals surface area contributed by atoms with Gasteiger partial charge in [-0.2, -0.15) is 0 Å². The molecule has 5 aromatic carbocycles. The van der Waals surface area contributed by atoms with Crippen molar-refractivity contribution < 1.29 is 14.4 Å². The molecule has 0 saturated heterocycles. The highest BCUT2D eigenvalue weighted by Gasteiger charge is 2.29. The molecule has 0 aromatic heterocycles. The number of rotatable bonds is 13. The lowest BCUT2D eigenvalue weighted by Gasteiger charge is -2.35. The molecule has 0 spiro atoms. The van der Waals surface area contributed by atoms with Gasteiger partial charge in [0.15, 0.2) is 0 Å². The third-order valence-electron chi connectivity index (χ3n) is 7.68. The van der Waals surface area contributed by atoms with Crippen molar-refractivity contribution in [2.45, 2.75) is 24.9 Å². The number of urea groups is 3. The van der Waals surface area contributed by atoms with Crippen LogP contribution in [-0.4, -0.2) is 48.2 Å². The zero-order valence-corrected chi connectivity index (χ0v) is 26.6. The molecule has 244 valence electrons. The van der Waals surface area contributed by atoms with E-state index in [9.17, 15) is 14.4 Å². The van der Waals surface area contributed by atoms with Crippen LogP contribution in [0.25, 0.3) is 0 Å². The first-order valence-corrected chi connectivity index (χ1v) is 15.9. The highest BCUT2D eigenvalue weighted by atomic mass is 16.2. The normalized spacial score (nSPS) is 11.8. The molecule has 6 amide bonds. The van der Waals surface area contributed by atoms with E-state index in [0.717, 1.165) is 11.1 Å². The minimum absolute atomic E-state index is 0.157. The number of carbonyl (C=O) groups excluding carboxylic acids is 3. The molecule has 0 heterocycles. The van der Waals surface area contributed by atoms with Crippen LogP contribution < -0.4 is 26.6 Å². The topological polar surface area (TPSA) is 115 Å². The predicted octanol–water partition coefficient (Wildman–Crippen LogP) is 7.39. The molecule has 5 rings (SSSR count). The summed E-state index contributed by atoms with van der Waals surface area (Å²) in [6, 6.07) is 45.2. The monoisotopic (exact) mass is 640 g/mol. The van der Waals surface area contributed by atoms with Gasteiger partial charge in [0, 0.05) is 30.2 Å². The third kappa shape index (κ3) is 10.8. The number of benzene rings is 5. The predicted molar refractivity (Wildman–Crippen MR) is 192 cm³/mol. The molecule has 0 aliphatic heterocycles. The fourth-order valence-electron chi connectivity index (χ4n) is 5.37. The maximum atomic E-state index is 14.2. The zero-order valence-electron chi connectivity index (χ0n) is 26.6. The highest BCUT2D eigenvalue weighted by Crippen LogP contribution is 2.16. The molecular formula is C39H40N6O3. The largest absolute Gasteiger partial charge is 0.336 e. The smallest absolute Gasteiger partial charge is 0.322 e. The SMILES string of the molecule is O=C(NCC(Cc1ccccc1)N(CC(Cc1ccccc1)NC(=O)Nc1ccccc1)C(=O)Nc1ccccc1)Nc1ccccc1. The van der Waals surface area contributed by atoms with Crippen LogP contribution in [0, 0.1) is 0 Å². The van der Waals surface area contributed by atoms with Crippen molar-refractivity contribution in [3.05, 3.63) is 163 Å². The fourth-order valence-corrected chi connectivity index (χ4v) is 5.37. The summed E-state index contributed by atoms with van der Waals surface area (Å²) in [5, 5.41) is 14.9. The Morgan fingerprint density at radius 1 is 0.500 bits per heavy atom. The second-order valence-corrected chi connectivity index (χ2v) is 11.3. The average molecular weight is 641 g/mol. The van der Waals surface area contributed by atoms with E-state index in [1.165, 1.54) is 0 Å².